The van der Waals surface area contributed by atoms with Gasteiger partial charge in [0.05, 0.1) is 6.10 Å². The first-order valence-corrected chi connectivity index (χ1v) is 9.19. The van der Waals surface area contributed by atoms with Crippen molar-refractivity contribution in [1.29, 1.82) is 0 Å². The van der Waals surface area contributed by atoms with Gasteiger partial charge in [0, 0.05) is 37.8 Å². The fourth-order valence-corrected chi connectivity index (χ4v) is 4.11. The molecule has 0 spiro atoms. The highest BCUT2D eigenvalue weighted by atomic mass is 16.5. The van der Waals surface area contributed by atoms with Crippen molar-refractivity contribution in [3.63, 3.8) is 0 Å². The largest absolute Gasteiger partial charge is 0.377 e. The topological polar surface area (TPSA) is 24.5 Å². The lowest BCUT2D eigenvalue weighted by Crippen LogP contribution is -2.65. The van der Waals surface area contributed by atoms with Crippen molar-refractivity contribution in [3.05, 3.63) is 0 Å². The Kier molecular flexibility index (Phi) is 6.51. The van der Waals surface area contributed by atoms with Gasteiger partial charge in [0.2, 0.25) is 0 Å². The molecule has 0 aromatic rings. The Labute approximate surface area is 131 Å². The molecule has 2 unspecified atom stereocenters. The van der Waals surface area contributed by atoms with E-state index in [-0.39, 0.29) is 0 Å². The molecule has 2 aliphatic rings. The summed E-state index contributed by atoms with van der Waals surface area (Å²) in [7, 11) is 0. The molecule has 1 N–H and O–H groups in total. The van der Waals surface area contributed by atoms with Crippen LogP contribution in [0.25, 0.3) is 0 Å². The van der Waals surface area contributed by atoms with Crippen LogP contribution in [-0.4, -0.2) is 48.8 Å². The van der Waals surface area contributed by atoms with Gasteiger partial charge in [-0.3, -0.25) is 4.90 Å². The Morgan fingerprint density at radius 2 is 2.00 bits per heavy atom. The van der Waals surface area contributed by atoms with Crippen molar-refractivity contribution in [3.8, 4) is 0 Å². The van der Waals surface area contributed by atoms with Gasteiger partial charge in [-0.2, -0.15) is 0 Å². The molecule has 0 aromatic heterocycles. The van der Waals surface area contributed by atoms with Crippen LogP contribution in [0.2, 0.25) is 0 Å². The van der Waals surface area contributed by atoms with Crippen LogP contribution in [0.1, 0.15) is 66.2 Å². The van der Waals surface area contributed by atoms with Crippen LogP contribution >= 0.6 is 0 Å². The highest BCUT2D eigenvalue weighted by molar-refractivity contribution is 4.98. The van der Waals surface area contributed by atoms with E-state index in [1.165, 1.54) is 45.1 Å². The zero-order chi connectivity index (χ0) is 15.3. The lowest BCUT2D eigenvalue weighted by atomic mass is 9.85. The van der Waals surface area contributed by atoms with Gasteiger partial charge in [-0.15, -0.1) is 0 Å². The third-order valence-electron chi connectivity index (χ3n) is 5.60. The highest BCUT2D eigenvalue weighted by Crippen LogP contribution is 2.29. The molecule has 0 amide bonds. The predicted molar refractivity (Wildman–Crippen MR) is 89.7 cm³/mol. The number of hydrogen-bond donors (Lipinski definition) is 1. The molecule has 0 radical (unpaired) electrons. The Morgan fingerprint density at radius 3 is 2.57 bits per heavy atom. The van der Waals surface area contributed by atoms with Gasteiger partial charge < -0.3 is 10.1 Å². The number of nitrogens with zero attached hydrogens (tertiary/aromatic N) is 1. The maximum Gasteiger partial charge on any atom is 0.0702 e. The molecule has 124 valence electrons. The maximum atomic E-state index is 6.02. The molecule has 3 nitrogen and oxygen atoms in total. The molecule has 0 bridgehead atoms. The summed E-state index contributed by atoms with van der Waals surface area (Å²) in [5, 5.41) is 3.83. The van der Waals surface area contributed by atoms with Crippen LogP contribution < -0.4 is 5.32 Å². The second-order valence-corrected chi connectivity index (χ2v) is 7.53. The van der Waals surface area contributed by atoms with Gasteiger partial charge >= 0.3 is 0 Å². The van der Waals surface area contributed by atoms with Gasteiger partial charge in [-0.25, -0.2) is 0 Å². The predicted octanol–water partition coefficient (Wildman–Crippen LogP) is 3.43. The van der Waals surface area contributed by atoms with E-state index in [0.29, 0.717) is 17.7 Å². The molecular formula is C18H36N2O. The van der Waals surface area contributed by atoms with E-state index in [9.17, 15) is 0 Å². The molecule has 0 aromatic carbocycles. The van der Waals surface area contributed by atoms with Crippen LogP contribution in [0.4, 0.5) is 0 Å². The quantitative estimate of drug-likeness (QED) is 0.812. The normalized spacial score (nSPS) is 30.7. The van der Waals surface area contributed by atoms with E-state index in [4.69, 9.17) is 4.74 Å². The molecular weight excluding hydrogens is 260 g/mol. The summed E-state index contributed by atoms with van der Waals surface area (Å²) < 4.78 is 6.02. The zero-order valence-electron chi connectivity index (χ0n) is 14.7. The van der Waals surface area contributed by atoms with E-state index >= 15 is 0 Å². The summed E-state index contributed by atoms with van der Waals surface area (Å²) in [6.45, 7) is 13.8. The molecule has 2 atom stereocenters. The zero-order valence-corrected chi connectivity index (χ0v) is 14.7. The number of rotatable bonds is 6. The second kappa shape index (κ2) is 7.94. The average Bonchev–Trinajstić information content (AvgIpc) is 2.49. The second-order valence-electron chi connectivity index (χ2n) is 7.53. The summed E-state index contributed by atoms with van der Waals surface area (Å²) in [4.78, 5) is 2.77. The Bertz CT molecular complexity index is 296. The third kappa shape index (κ3) is 4.43. The molecule has 2 rings (SSSR count). The molecule has 2 aliphatic heterocycles. The fourth-order valence-electron chi connectivity index (χ4n) is 4.11. The van der Waals surface area contributed by atoms with Crippen molar-refractivity contribution in [2.24, 2.45) is 5.92 Å². The number of nitrogens with one attached hydrogen (secondary N) is 1. The van der Waals surface area contributed by atoms with E-state index in [1.807, 2.05) is 0 Å². The lowest BCUT2D eigenvalue weighted by molar-refractivity contribution is -0.0500. The summed E-state index contributed by atoms with van der Waals surface area (Å²) in [6.07, 6.45) is 8.07. The monoisotopic (exact) mass is 296 g/mol. The molecule has 3 heteroatoms. The number of piperazine rings is 1. The van der Waals surface area contributed by atoms with E-state index in [1.54, 1.807) is 0 Å². The van der Waals surface area contributed by atoms with Crippen molar-refractivity contribution in [2.45, 2.75) is 83.9 Å². The Morgan fingerprint density at radius 1 is 1.24 bits per heavy atom. The number of ether oxygens (including phenoxy) is 1. The average molecular weight is 296 g/mol. The molecule has 2 heterocycles. The SMILES string of the molecule is CCC1(CC)CNC(CC(C)C)CN1CC1CCCCO1. The first-order chi connectivity index (χ1) is 10.1. The minimum Gasteiger partial charge on any atom is -0.377 e. The van der Waals surface area contributed by atoms with Crippen LogP contribution in [0, 0.1) is 5.92 Å². The lowest BCUT2D eigenvalue weighted by Gasteiger charge is -2.51. The van der Waals surface area contributed by atoms with Crippen LogP contribution in [0.5, 0.6) is 0 Å². The summed E-state index contributed by atoms with van der Waals surface area (Å²) >= 11 is 0. The van der Waals surface area contributed by atoms with Gasteiger partial charge in [-0.05, 0) is 44.4 Å². The van der Waals surface area contributed by atoms with Gasteiger partial charge in [0.15, 0.2) is 0 Å². The molecule has 2 saturated heterocycles. The van der Waals surface area contributed by atoms with Crippen molar-refractivity contribution in [1.82, 2.24) is 10.2 Å². The summed E-state index contributed by atoms with van der Waals surface area (Å²) in [5.41, 5.74) is 0.342. The van der Waals surface area contributed by atoms with Crippen LogP contribution in [0.3, 0.4) is 0 Å². The van der Waals surface area contributed by atoms with Gasteiger partial charge in [0.1, 0.15) is 0 Å². The standard InChI is InChI=1S/C18H36N2O/c1-5-18(6-2)14-19-16(11-15(3)4)12-20(18)13-17-9-7-8-10-21-17/h15-17,19H,5-14H2,1-4H3. The van der Waals surface area contributed by atoms with Gasteiger partial charge in [0.25, 0.3) is 0 Å². The van der Waals surface area contributed by atoms with E-state index < -0.39 is 0 Å². The minimum atomic E-state index is 0.342. The van der Waals surface area contributed by atoms with Crippen LogP contribution in [0.15, 0.2) is 0 Å². The van der Waals surface area contributed by atoms with Gasteiger partial charge in [-0.1, -0.05) is 27.7 Å². The molecule has 2 fully saturated rings. The fraction of sp³-hybridized carbons (Fsp3) is 1.00. The molecule has 0 aliphatic carbocycles. The molecule has 0 saturated carbocycles. The third-order valence-corrected chi connectivity index (χ3v) is 5.60. The smallest absolute Gasteiger partial charge is 0.0702 e. The summed E-state index contributed by atoms with van der Waals surface area (Å²) in [5.74, 6) is 0.769. The van der Waals surface area contributed by atoms with Crippen molar-refractivity contribution in [2.75, 3.05) is 26.2 Å². The first kappa shape index (κ1) is 17.2. The number of hydrogen-bond acceptors (Lipinski definition) is 3. The highest BCUT2D eigenvalue weighted by Gasteiger charge is 2.39. The van der Waals surface area contributed by atoms with Crippen LogP contribution in [-0.2, 0) is 4.74 Å². The Hall–Kier alpha value is -0.120. The van der Waals surface area contributed by atoms with Crippen molar-refractivity contribution >= 4 is 0 Å². The minimum absolute atomic E-state index is 0.342. The van der Waals surface area contributed by atoms with E-state index in [0.717, 1.165) is 25.6 Å². The summed E-state index contributed by atoms with van der Waals surface area (Å²) in [6, 6.07) is 0.653. The first-order valence-electron chi connectivity index (χ1n) is 9.19. The Balaban J connectivity index is 2.01. The maximum absolute atomic E-state index is 6.02. The van der Waals surface area contributed by atoms with Crippen molar-refractivity contribution < 1.29 is 4.74 Å². The molecule has 21 heavy (non-hydrogen) atoms. The van der Waals surface area contributed by atoms with E-state index in [2.05, 4.69) is 37.9 Å².